The molecule has 31 heavy (non-hydrogen) atoms. The third-order valence-electron chi connectivity index (χ3n) is 7.58. The molecule has 0 spiro atoms. The smallest absolute Gasteiger partial charge is 0.255 e. The van der Waals surface area contributed by atoms with Gasteiger partial charge in [0.05, 0.1) is 19.8 Å². The zero-order valence-electron chi connectivity index (χ0n) is 18.1. The molecule has 0 radical (unpaired) electrons. The van der Waals surface area contributed by atoms with E-state index in [-0.39, 0.29) is 5.56 Å². The number of morpholine rings is 1. The number of likely N-dealkylation sites (tertiary alicyclic amines) is 2. The largest absolute Gasteiger partial charge is 0.481 e. The van der Waals surface area contributed by atoms with Crippen molar-refractivity contribution in [3.05, 3.63) is 57.6 Å². The number of hydrogen-bond donors (Lipinski definition) is 0. The number of hydrogen-bond acceptors (Lipinski definition) is 6. The van der Waals surface area contributed by atoms with Crippen molar-refractivity contribution in [3.63, 3.8) is 0 Å². The average molecular weight is 423 g/mol. The first-order valence-electron chi connectivity index (χ1n) is 11.5. The van der Waals surface area contributed by atoms with Crippen LogP contribution in [0.25, 0.3) is 0 Å². The fourth-order valence-corrected chi connectivity index (χ4v) is 6.20. The minimum Gasteiger partial charge on any atom is -0.481 e. The molecule has 0 saturated carbocycles. The van der Waals surface area contributed by atoms with Crippen LogP contribution >= 0.6 is 0 Å². The van der Waals surface area contributed by atoms with Gasteiger partial charge in [-0.1, -0.05) is 12.1 Å². The summed E-state index contributed by atoms with van der Waals surface area (Å²) in [6.07, 6.45) is 4.43. The summed E-state index contributed by atoms with van der Waals surface area (Å²) in [5, 5.41) is 0. The summed E-state index contributed by atoms with van der Waals surface area (Å²) in [5.41, 5.74) is 3.49. The van der Waals surface area contributed by atoms with Crippen molar-refractivity contribution < 1.29 is 9.47 Å². The molecule has 6 heterocycles. The minimum absolute atomic E-state index is 0.221. The Morgan fingerprint density at radius 2 is 2.03 bits per heavy atom. The van der Waals surface area contributed by atoms with Gasteiger partial charge in [0.1, 0.15) is 0 Å². The predicted molar refractivity (Wildman–Crippen MR) is 116 cm³/mol. The van der Waals surface area contributed by atoms with Crippen LogP contribution in [0.5, 0.6) is 5.88 Å². The van der Waals surface area contributed by atoms with E-state index in [0.717, 1.165) is 63.4 Å². The molecule has 0 unspecified atom stereocenters. The van der Waals surface area contributed by atoms with Crippen molar-refractivity contribution in [3.8, 4) is 5.88 Å². The van der Waals surface area contributed by atoms with Crippen molar-refractivity contribution in [1.82, 2.24) is 19.4 Å². The molecule has 2 aromatic rings. The molecule has 4 aliphatic rings. The number of pyridine rings is 2. The molecule has 4 aliphatic heterocycles. The SMILES string of the molecule is COc1ncccc1CN1C[C@@H]2C[C@H](C1)c1ccc(CN3C[C@H]4C[C@@H]3CO4)c(=O)n1C2. The van der Waals surface area contributed by atoms with Gasteiger partial charge in [0, 0.05) is 74.2 Å². The Bertz CT molecular complexity index is 1040. The van der Waals surface area contributed by atoms with E-state index in [0.29, 0.717) is 29.9 Å². The molecule has 0 amide bonds. The number of aromatic nitrogens is 2. The lowest BCUT2D eigenvalue weighted by molar-refractivity contribution is 0.0270. The highest BCUT2D eigenvalue weighted by molar-refractivity contribution is 5.26. The zero-order valence-corrected chi connectivity index (χ0v) is 18.1. The monoisotopic (exact) mass is 422 g/mol. The fourth-order valence-electron chi connectivity index (χ4n) is 6.20. The molecule has 7 heteroatoms. The van der Waals surface area contributed by atoms with Crippen LogP contribution in [0.2, 0.25) is 0 Å². The Morgan fingerprint density at radius 3 is 2.84 bits per heavy atom. The lowest BCUT2D eigenvalue weighted by Crippen LogP contribution is -2.47. The highest BCUT2D eigenvalue weighted by atomic mass is 16.5. The summed E-state index contributed by atoms with van der Waals surface area (Å²) in [6.45, 7) is 6.19. The molecule has 7 nitrogen and oxygen atoms in total. The second-order valence-electron chi connectivity index (χ2n) is 9.64. The average Bonchev–Trinajstić information content (AvgIpc) is 3.40. The summed E-state index contributed by atoms with van der Waals surface area (Å²) in [5.74, 6) is 1.63. The number of fused-ring (bicyclic) bond motifs is 6. The first-order chi connectivity index (χ1) is 15.2. The molecule has 0 aliphatic carbocycles. The molecule has 3 fully saturated rings. The number of piperidine rings is 1. The number of nitrogens with zero attached hydrogens (tertiary/aromatic N) is 4. The van der Waals surface area contributed by atoms with Crippen LogP contribution in [-0.2, 0) is 24.4 Å². The lowest BCUT2D eigenvalue weighted by Gasteiger charge is -2.43. The maximum atomic E-state index is 13.4. The maximum absolute atomic E-state index is 13.4. The van der Waals surface area contributed by atoms with Gasteiger partial charge < -0.3 is 14.0 Å². The van der Waals surface area contributed by atoms with Crippen molar-refractivity contribution in [2.75, 3.05) is 33.4 Å². The van der Waals surface area contributed by atoms with Gasteiger partial charge in [0.25, 0.3) is 5.56 Å². The van der Waals surface area contributed by atoms with Gasteiger partial charge in [-0.3, -0.25) is 14.6 Å². The van der Waals surface area contributed by atoms with E-state index >= 15 is 0 Å². The number of rotatable bonds is 5. The Kier molecular flexibility index (Phi) is 4.85. The third-order valence-corrected chi connectivity index (χ3v) is 7.58. The normalized spacial score (nSPS) is 29.8. The Labute approximate surface area is 182 Å². The van der Waals surface area contributed by atoms with Crippen molar-refractivity contribution >= 4 is 0 Å². The van der Waals surface area contributed by atoms with E-state index in [1.54, 1.807) is 13.3 Å². The molecule has 3 saturated heterocycles. The fraction of sp³-hybridized carbons (Fsp3) is 0.583. The van der Waals surface area contributed by atoms with Gasteiger partial charge in [-0.2, -0.15) is 0 Å². The summed E-state index contributed by atoms with van der Waals surface area (Å²) in [6, 6.07) is 8.86. The summed E-state index contributed by atoms with van der Waals surface area (Å²) >= 11 is 0. The van der Waals surface area contributed by atoms with Crippen LogP contribution in [-0.4, -0.2) is 64.8 Å². The second kappa shape index (κ2) is 7.73. The van der Waals surface area contributed by atoms with Gasteiger partial charge in [-0.25, -0.2) is 4.98 Å². The van der Waals surface area contributed by atoms with E-state index in [1.807, 2.05) is 6.07 Å². The summed E-state index contributed by atoms with van der Waals surface area (Å²) in [7, 11) is 1.68. The Balaban J connectivity index is 1.21. The number of ether oxygens (including phenoxy) is 2. The Hall–Kier alpha value is -2.22. The highest BCUT2D eigenvalue weighted by Crippen LogP contribution is 2.36. The van der Waals surface area contributed by atoms with Crippen molar-refractivity contribution in [2.45, 2.75) is 50.5 Å². The van der Waals surface area contributed by atoms with Crippen LogP contribution in [0.1, 0.15) is 35.6 Å². The third kappa shape index (κ3) is 3.49. The van der Waals surface area contributed by atoms with E-state index < -0.39 is 0 Å². The Morgan fingerprint density at radius 1 is 1.10 bits per heavy atom. The molecule has 4 atom stereocenters. The van der Waals surface area contributed by atoms with Gasteiger partial charge in [0.15, 0.2) is 0 Å². The number of methoxy groups -OCH3 is 1. The maximum Gasteiger partial charge on any atom is 0.255 e. The van der Waals surface area contributed by atoms with E-state index in [9.17, 15) is 4.79 Å². The summed E-state index contributed by atoms with van der Waals surface area (Å²) in [4.78, 5) is 22.6. The van der Waals surface area contributed by atoms with Crippen LogP contribution in [0, 0.1) is 5.92 Å². The molecular weight excluding hydrogens is 392 g/mol. The van der Waals surface area contributed by atoms with Crippen LogP contribution in [0.15, 0.2) is 35.3 Å². The summed E-state index contributed by atoms with van der Waals surface area (Å²) < 4.78 is 13.2. The first-order valence-corrected chi connectivity index (χ1v) is 11.5. The lowest BCUT2D eigenvalue weighted by atomic mass is 9.83. The highest BCUT2D eigenvalue weighted by Gasteiger charge is 2.40. The van der Waals surface area contributed by atoms with Gasteiger partial charge in [0.2, 0.25) is 5.88 Å². The molecule has 0 aromatic carbocycles. The quantitative estimate of drug-likeness (QED) is 0.733. The topological polar surface area (TPSA) is 59.8 Å². The van der Waals surface area contributed by atoms with Crippen molar-refractivity contribution in [2.24, 2.45) is 5.92 Å². The second-order valence-corrected chi connectivity index (χ2v) is 9.64. The first kappa shape index (κ1) is 19.5. The van der Waals surface area contributed by atoms with Gasteiger partial charge in [-0.05, 0) is 30.9 Å². The molecule has 2 aromatic heterocycles. The van der Waals surface area contributed by atoms with Gasteiger partial charge >= 0.3 is 0 Å². The van der Waals surface area contributed by atoms with E-state index in [1.165, 1.54) is 12.1 Å². The van der Waals surface area contributed by atoms with Crippen LogP contribution in [0.3, 0.4) is 0 Å². The molecular formula is C24H30N4O3. The molecule has 0 N–H and O–H groups in total. The van der Waals surface area contributed by atoms with Crippen molar-refractivity contribution in [1.29, 1.82) is 0 Å². The van der Waals surface area contributed by atoms with Crippen LogP contribution < -0.4 is 10.3 Å². The van der Waals surface area contributed by atoms with E-state index in [4.69, 9.17) is 9.47 Å². The zero-order chi connectivity index (χ0) is 20.9. The molecule has 6 rings (SSSR count). The van der Waals surface area contributed by atoms with Gasteiger partial charge in [-0.15, -0.1) is 0 Å². The van der Waals surface area contributed by atoms with Crippen LogP contribution in [0.4, 0.5) is 0 Å². The standard InChI is InChI=1S/C24H30N4O3/c1-30-23-17(3-2-6-25-23)11-26-9-16-7-19(12-26)22-5-4-18(24(29)28(22)10-16)13-27-14-21-8-20(27)15-31-21/h2-6,16,19-21H,7-15H2,1H3/t16-,19+,20+,21+/m0/s1. The predicted octanol–water partition coefficient (Wildman–Crippen LogP) is 1.84. The molecule has 164 valence electrons. The molecule has 4 bridgehead atoms. The van der Waals surface area contributed by atoms with E-state index in [2.05, 4.69) is 37.5 Å². The minimum atomic E-state index is 0.221.